The van der Waals surface area contributed by atoms with Crippen molar-refractivity contribution in [3.63, 3.8) is 0 Å². The molecule has 4 rings (SSSR count). The standard InChI is InChI=1S/C21H22ClN3O3/c1-3-24(4-2)21(26)10-16(14-5-7-18-19(9-14)28-13-27-18)17-11-23-20-8-6-15(22)12-25(17)20/h5-9,11-12,16H,3-4,10,13H2,1-2H3. The molecule has 1 unspecified atom stereocenters. The van der Waals surface area contributed by atoms with Gasteiger partial charge in [0.05, 0.1) is 10.7 Å². The second kappa shape index (κ2) is 7.72. The van der Waals surface area contributed by atoms with E-state index < -0.39 is 0 Å². The third kappa shape index (κ3) is 3.40. The lowest BCUT2D eigenvalue weighted by Crippen LogP contribution is -2.31. The van der Waals surface area contributed by atoms with Crippen molar-refractivity contribution >= 4 is 23.2 Å². The highest BCUT2D eigenvalue weighted by atomic mass is 35.5. The zero-order valence-electron chi connectivity index (χ0n) is 15.9. The van der Waals surface area contributed by atoms with Crippen LogP contribution in [0.3, 0.4) is 0 Å². The number of pyridine rings is 1. The molecule has 0 saturated heterocycles. The normalized spacial score (nSPS) is 13.7. The van der Waals surface area contributed by atoms with E-state index in [9.17, 15) is 4.79 Å². The minimum absolute atomic E-state index is 0.102. The summed E-state index contributed by atoms with van der Waals surface area (Å²) < 4.78 is 12.9. The summed E-state index contributed by atoms with van der Waals surface area (Å²) in [7, 11) is 0. The summed E-state index contributed by atoms with van der Waals surface area (Å²) in [6.45, 7) is 5.56. The van der Waals surface area contributed by atoms with Crippen molar-refractivity contribution in [3.8, 4) is 11.5 Å². The number of nitrogens with zero attached hydrogens (tertiary/aromatic N) is 3. The molecule has 1 aromatic carbocycles. The second-order valence-corrected chi connectivity index (χ2v) is 7.13. The Hall–Kier alpha value is -2.73. The molecule has 3 aromatic rings. The molecule has 0 aliphatic carbocycles. The molecule has 1 atom stereocenters. The highest BCUT2D eigenvalue weighted by Crippen LogP contribution is 2.38. The third-order valence-electron chi connectivity index (χ3n) is 5.15. The summed E-state index contributed by atoms with van der Waals surface area (Å²) in [6, 6.07) is 9.51. The van der Waals surface area contributed by atoms with Gasteiger partial charge in [0.1, 0.15) is 5.65 Å². The maximum atomic E-state index is 12.9. The van der Waals surface area contributed by atoms with Crippen LogP contribution in [0.5, 0.6) is 11.5 Å². The van der Waals surface area contributed by atoms with E-state index >= 15 is 0 Å². The van der Waals surface area contributed by atoms with E-state index in [0.717, 1.165) is 22.7 Å². The fraction of sp³-hybridized carbons (Fsp3) is 0.333. The highest BCUT2D eigenvalue weighted by molar-refractivity contribution is 6.30. The van der Waals surface area contributed by atoms with E-state index in [1.54, 1.807) is 0 Å². The SMILES string of the molecule is CCN(CC)C(=O)CC(c1ccc2c(c1)OCO2)c1cnc2ccc(Cl)cn12. The zero-order valence-corrected chi connectivity index (χ0v) is 16.6. The number of benzene rings is 1. The maximum Gasteiger partial charge on any atom is 0.231 e. The molecule has 28 heavy (non-hydrogen) atoms. The van der Waals surface area contributed by atoms with Crippen LogP contribution >= 0.6 is 11.6 Å². The maximum absolute atomic E-state index is 12.9. The average Bonchev–Trinajstić information content (AvgIpc) is 3.33. The van der Waals surface area contributed by atoms with Gasteiger partial charge in [0.15, 0.2) is 11.5 Å². The molecule has 0 spiro atoms. The Kier molecular flexibility index (Phi) is 5.13. The smallest absolute Gasteiger partial charge is 0.231 e. The first-order valence-electron chi connectivity index (χ1n) is 9.40. The summed E-state index contributed by atoms with van der Waals surface area (Å²) in [6.07, 6.45) is 3.99. The highest BCUT2D eigenvalue weighted by Gasteiger charge is 2.26. The summed E-state index contributed by atoms with van der Waals surface area (Å²) >= 11 is 6.22. The number of aromatic nitrogens is 2. The van der Waals surface area contributed by atoms with Crippen LogP contribution in [0.25, 0.3) is 5.65 Å². The van der Waals surface area contributed by atoms with Gasteiger partial charge in [-0.3, -0.25) is 4.79 Å². The van der Waals surface area contributed by atoms with Crippen LogP contribution in [0, 0.1) is 0 Å². The lowest BCUT2D eigenvalue weighted by molar-refractivity contribution is -0.131. The van der Waals surface area contributed by atoms with Gasteiger partial charge in [0, 0.05) is 37.8 Å². The zero-order chi connectivity index (χ0) is 19.7. The first-order chi connectivity index (χ1) is 13.6. The van der Waals surface area contributed by atoms with Crippen LogP contribution < -0.4 is 9.47 Å². The quantitative estimate of drug-likeness (QED) is 0.626. The Bertz CT molecular complexity index is 1010. The molecule has 2 aromatic heterocycles. The minimum Gasteiger partial charge on any atom is -0.454 e. The molecule has 1 aliphatic heterocycles. The summed E-state index contributed by atoms with van der Waals surface area (Å²) in [5, 5.41) is 0.617. The third-order valence-corrected chi connectivity index (χ3v) is 5.37. The van der Waals surface area contributed by atoms with Gasteiger partial charge in [-0.2, -0.15) is 0 Å². The molecule has 0 fully saturated rings. The van der Waals surface area contributed by atoms with Gasteiger partial charge >= 0.3 is 0 Å². The molecule has 0 N–H and O–H groups in total. The number of hydrogen-bond acceptors (Lipinski definition) is 4. The van der Waals surface area contributed by atoms with Crippen molar-refractivity contribution in [3.05, 3.63) is 59.0 Å². The van der Waals surface area contributed by atoms with Crippen molar-refractivity contribution in [2.24, 2.45) is 0 Å². The fourth-order valence-electron chi connectivity index (χ4n) is 3.63. The molecule has 0 bridgehead atoms. The molecular formula is C21H22ClN3O3. The fourth-order valence-corrected chi connectivity index (χ4v) is 3.79. The van der Waals surface area contributed by atoms with Gasteiger partial charge in [0.2, 0.25) is 12.7 Å². The Labute approximate surface area is 168 Å². The molecule has 0 saturated carbocycles. The van der Waals surface area contributed by atoms with Crippen molar-refractivity contribution in [1.29, 1.82) is 0 Å². The van der Waals surface area contributed by atoms with Crippen LogP contribution in [-0.4, -0.2) is 40.1 Å². The number of ether oxygens (including phenoxy) is 2. The van der Waals surface area contributed by atoms with Gasteiger partial charge in [-0.05, 0) is 43.7 Å². The molecule has 3 heterocycles. The van der Waals surface area contributed by atoms with Gasteiger partial charge in [-0.15, -0.1) is 0 Å². The van der Waals surface area contributed by atoms with E-state index in [-0.39, 0.29) is 18.6 Å². The first-order valence-corrected chi connectivity index (χ1v) is 9.78. The Balaban J connectivity index is 1.79. The largest absolute Gasteiger partial charge is 0.454 e. The van der Waals surface area contributed by atoms with E-state index in [0.29, 0.717) is 30.3 Å². The van der Waals surface area contributed by atoms with Crippen molar-refractivity contribution in [2.45, 2.75) is 26.2 Å². The molecule has 146 valence electrons. The Morgan fingerprint density at radius 1 is 1.21 bits per heavy atom. The number of hydrogen-bond donors (Lipinski definition) is 0. The van der Waals surface area contributed by atoms with Crippen molar-refractivity contribution < 1.29 is 14.3 Å². The molecule has 6 nitrogen and oxygen atoms in total. The van der Waals surface area contributed by atoms with Gasteiger partial charge in [0.25, 0.3) is 0 Å². The van der Waals surface area contributed by atoms with Gasteiger partial charge in [-0.25, -0.2) is 4.98 Å². The van der Waals surface area contributed by atoms with Gasteiger partial charge in [-0.1, -0.05) is 17.7 Å². The second-order valence-electron chi connectivity index (χ2n) is 6.69. The Morgan fingerprint density at radius 3 is 2.79 bits per heavy atom. The predicted octanol–water partition coefficient (Wildman–Crippen LogP) is 4.11. The van der Waals surface area contributed by atoms with Crippen LogP contribution in [0.15, 0.2) is 42.7 Å². The molecule has 7 heteroatoms. The van der Waals surface area contributed by atoms with Crippen LogP contribution in [0.4, 0.5) is 0 Å². The van der Waals surface area contributed by atoms with E-state index in [4.69, 9.17) is 21.1 Å². The number of halogens is 1. The van der Waals surface area contributed by atoms with Crippen molar-refractivity contribution in [2.75, 3.05) is 19.9 Å². The molecule has 1 aliphatic rings. The monoisotopic (exact) mass is 399 g/mol. The van der Waals surface area contributed by atoms with Crippen LogP contribution in [0.1, 0.15) is 37.4 Å². The number of fused-ring (bicyclic) bond motifs is 2. The summed E-state index contributed by atoms with van der Waals surface area (Å²) in [5.41, 5.74) is 2.68. The van der Waals surface area contributed by atoms with E-state index in [2.05, 4.69) is 4.98 Å². The average molecular weight is 400 g/mol. The molecule has 1 amide bonds. The van der Waals surface area contributed by atoms with Gasteiger partial charge < -0.3 is 18.8 Å². The number of amides is 1. The lowest BCUT2D eigenvalue weighted by atomic mass is 9.91. The summed E-state index contributed by atoms with van der Waals surface area (Å²) in [5.74, 6) is 1.34. The Morgan fingerprint density at radius 2 is 2.00 bits per heavy atom. The van der Waals surface area contributed by atoms with E-state index in [1.807, 2.05) is 65.9 Å². The number of rotatable bonds is 6. The number of carbonyl (C=O) groups excluding carboxylic acids is 1. The minimum atomic E-state index is -0.184. The topological polar surface area (TPSA) is 56.1 Å². The molecule has 0 radical (unpaired) electrons. The summed E-state index contributed by atoms with van der Waals surface area (Å²) in [4.78, 5) is 19.3. The molecular weight excluding hydrogens is 378 g/mol. The first kappa shape index (κ1) is 18.6. The number of carbonyl (C=O) groups is 1. The van der Waals surface area contributed by atoms with E-state index in [1.165, 1.54) is 0 Å². The predicted molar refractivity (Wildman–Crippen MR) is 107 cm³/mol. The van der Waals surface area contributed by atoms with Crippen LogP contribution in [0.2, 0.25) is 5.02 Å². The lowest BCUT2D eigenvalue weighted by Gasteiger charge is -2.23. The van der Waals surface area contributed by atoms with Crippen molar-refractivity contribution in [1.82, 2.24) is 14.3 Å². The van der Waals surface area contributed by atoms with Crippen LogP contribution in [-0.2, 0) is 4.79 Å². The number of imidazole rings is 1.